The highest BCUT2D eigenvalue weighted by Crippen LogP contribution is 2.39. The quantitative estimate of drug-likeness (QED) is 0.263. The van der Waals surface area contributed by atoms with Crippen molar-refractivity contribution in [1.82, 2.24) is 10.3 Å². The van der Waals surface area contributed by atoms with Gasteiger partial charge in [0.15, 0.2) is 17.5 Å². The lowest BCUT2D eigenvalue weighted by Crippen LogP contribution is -2.30. The minimum Gasteiger partial charge on any atom is -0.493 e. The number of pyridine rings is 1. The maximum atomic E-state index is 5.41. The van der Waals surface area contributed by atoms with E-state index in [9.17, 15) is 0 Å². The molecule has 1 aromatic heterocycles. The Kier molecular flexibility index (Phi) is 9.39. The molecule has 164 valence electrons. The second-order valence-corrected chi connectivity index (χ2v) is 6.38. The predicted molar refractivity (Wildman–Crippen MR) is 135 cm³/mol. The Morgan fingerprint density at radius 1 is 0.935 bits per heavy atom. The first-order chi connectivity index (χ1) is 14.7. The van der Waals surface area contributed by atoms with Gasteiger partial charge in [0.05, 0.1) is 27.0 Å². The van der Waals surface area contributed by atoms with E-state index in [-0.39, 0.29) is 24.0 Å². The van der Waals surface area contributed by atoms with Crippen molar-refractivity contribution >= 4 is 35.6 Å². The van der Waals surface area contributed by atoms with Gasteiger partial charge in [-0.25, -0.2) is 0 Å². The first-order valence-electron chi connectivity index (χ1n) is 9.46. The van der Waals surface area contributed by atoms with Crippen molar-refractivity contribution in [3.05, 3.63) is 66.4 Å². The number of guanidine groups is 1. The van der Waals surface area contributed by atoms with Crippen molar-refractivity contribution in [3.63, 3.8) is 0 Å². The molecule has 0 saturated heterocycles. The summed E-state index contributed by atoms with van der Waals surface area (Å²) >= 11 is 0. The van der Waals surface area contributed by atoms with Gasteiger partial charge in [0.25, 0.3) is 0 Å². The SMILES string of the molecule is CN=C(NCc1cccc(-c2ccccn2)c1)Nc1cc(OC)c(OC)c(OC)c1.I. The van der Waals surface area contributed by atoms with Gasteiger partial charge < -0.3 is 24.8 Å². The highest BCUT2D eigenvalue weighted by atomic mass is 127. The number of methoxy groups -OCH3 is 3. The zero-order chi connectivity index (χ0) is 21.3. The topological polar surface area (TPSA) is 77.0 Å². The fourth-order valence-electron chi connectivity index (χ4n) is 3.03. The van der Waals surface area contributed by atoms with Crippen LogP contribution in [0.4, 0.5) is 5.69 Å². The summed E-state index contributed by atoms with van der Waals surface area (Å²) in [6.07, 6.45) is 1.80. The third-order valence-corrected chi connectivity index (χ3v) is 4.50. The summed E-state index contributed by atoms with van der Waals surface area (Å²) in [5.41, 5.74) is 3.90. The number of hydrogen-bond donors (Lipinski definition) is 2. The number of nitrogens with one attached hydrogen (secondary N) is 2. The Hall–Kier alpha value is -3.01. The molecule has 2 aromatic carbocycles. The molecule has 0 bridgehead atoms. The minimum absolute atomic E-state index is 0. The van der Waals surface area contributed by atoms with Crippen molar-refractivity contribution in [2.45, 2.75) is 6.54 Å². The van der Waals surface area contributed by atoms with Crippen LogP contribution in [-0.2, 0) is 6.54 Å². The Balaban J connectivity index is 0.00000341. The van der Waals surface area contributed by atoms with Crippen LogP contribution in [0.25, 0.3) is 11.3 Å². The third kappa shape index (κ3) is 6.24. The van der Waals surface area contributed by atoms with Crippen LogP contribution in [0.1, 0.15) is 5.56 Å². The van der Waals surface area contributed by atoms with Crippen LogP contribution in [0.5, 0.6) is 17.2 Å². The Bertz CT molecular complexity index is 988. The Morgan fingerprint density at radius 2 is 1.68 bits per heavy atom. The number of rotatable bonds is 7. The van der Waals surface area contributed by atoms with Crippen molar-refractivity contribution in [2.24, 2.45) is 4.99 Å². The van der Waals surface area contributed by atoms with Crippen molar-refractivity contribution in [1.29, 1.82) is 0 Å². The Morgan fingerprint density at radius 3 is 2.26 bits per heavy atom. The predicted octanol–water partition coefficient (Wildman–Crippen LogP) is 4.58. The van der Waals surface area contributed by atoms with Gasteiger partial charge in [-0.3, -0.25) is 9.98 Å². The first kappa shape index (κ1) is 24.3. The minimum atomic E-state index is 0. The summed E-state index contributed by atoms with van der Waals surface area (Å²) in [4.78, 5) is 8.72. The van der Waals surface area contributed by atoms with Gasteiger partial charge in [0.2, 0.25) is 5.75 Å². The lowest BCUT2D eigenvalue weighted by molar-refractivity contribution is 0.324. The maximum absolute atomic E-state index is 5.41. The van der Waals surface area contributed by atoms with Gasteiger partial charge in [0, 0.05) is 43.2 Å². The van der Waals surface area contributed by atoms with Crippen molar-refractivity contribution < 1.29 is 14.2 Å². The normalized spacial score (nSPS) is 10.6. The molecule has 0 saturated carbocycles. The van der Waals surface area contributed by atoms with Crippen LogP contribution in [0.3, 0.4) is 0 Å². The average Bonchev–Trinajstić information content (AvgIpc) is 2.81. The molecule has 0 amide bonds. The van der Waals surface area contributed by atoms with E-state index >= 15 is 0 Å². The van der Waals surface area contributed by atoms with Gasteiger partial charge in [-0.1, -0.05) is 24.3 Å². The second kappa shape index (κ2) is 12.0. The number of aliphatic imine (C=N–C) groups is 1. The number of benzene rings is 2. The summed E-state index contributed by atoms with van der Waals surface area (Å²) < 4.78 is 16.2. The van der Waals surface area contributed by atoms with Gasteiger partial charge >= 0.3 is 0 Å². The molecule has 0 spiro atoms. The summed E-state index contributed by atoms with van der Waals surface area (Å²) in [6, 6.07) is 17.8. The average molecular weight is 534 g/mol. The van der Waals surface area contributed by atoms with E-state index in [2.05, 4.69) is 38.8 Å². The maximum Gasteiger partial charge on any atom is 0.203 e. The molecular formula is C23H27IN4O3. The fourth-order valence-corrected chi connectivity index (χ4v) is 3.03. The van der Waals surface area contributed by atoms with Gasteiger partial charge in [0.1, 0.15) is 0 Å². The summed E-state index contributed by atoms with van der Waals surface area (Å²) in [5.74, 6) is 2.29. The largest absolute Gasteiger partial charge is 0.493 e. The smallest absolute Gasteiger partial charge is 0.203 e. The van der Waals surface area contributed by atoms with Crippen LogP contribution >= 0.6 is 24.0 Å². The standard InChI is InChI=1S/C23H26N4O3.HI/c1-24-23(27-18-13-20(28-2)22(30-4)21(14-18)29-3)26-15-16-8-7-9-17(12-16)19-10-5-6-11-25-19;/h5-14H,15H2,1-4H3,(H2,24,26,27);1H. The number of halogens is 1. The second-order valence-electron chi connectivity index (χ2n) is 6.38. The van der Waals surface area contributed by atoms with Gasteiger partial charge in [-0.05, 0) is 23.8 Å². The zero-order valence-corrected chi connectivity index (χ0v) is 20.3. The Labute approximate surface area is 199 Å². The molecule has 0 aliphatic rings. The number of nitrogens with zero attached hydrogens (tertiary/aromatic N) is 2. The van der Waals surface area contributed by atoms with E-state index in [0.717, 1.165) is 22.5 Å². The van der Waals surface area contributed by atoms with Crippen LogP contribution in [0.2, 0.25) is 0 Å². The highest BCUT2D eigenvalue weighted by molar-refractivity contribution is 14.0. The number of hydrogen-bond acceptors (Lipinski definition) is 5. The van der Waals surface area contributed by atoms with Crippen molar-refractivity contribution in [2.75, 3.05) is 33.7 Å². The molecule has 1 heterocycles. The van der Waals surface area contributed by atoms with Gasteiger partial charge in [-0.2, -0.15) is 0 Å². The van der Waals surface area contributed by atoms with Crippen molar-refractivity contribution in [3.8, 4) is 28.5 Å². The van der Waals surface area contributed by atoms with Crippen LogP contribution in [-0.4, -0.2) is 39.3 Å². The molecule has 0 aliphatic heterocycles. The van der Waals surface area contributed by atoms with Gasteiger partial charge in [-0.15, -0.1) is 24.0 Å². The number of ether oxygens (including phenoxy) is 3. The van der Waals surface area contributed by atoms with E-state index in [1.54, 1.807) is 34.6 Å². The summed E-state index contributed by atoms with van der Waals surface area (Å²) in [5, 5.41) is 6.58. The molecule has 31 heavy (non-hydrogen) atoms. The zero-order valence-electron chi connectivity index (χ0n) is 18.0. The molecule has 0 unspecified atom stereocenters. The molecule has 8 heteroatoms. The third-order valence-electron chi connectivity index (χ3n) is 4.50. The number of anilines is 1. The monoisotopic (exact) mass is 534 g/mol. The molecule has 0 fully saturated rings. The van der Waals surface area contributed by atoms with E-state index < -0.39 is 0 Å². The molecule has 3 aromatic rings. The number of aromatic nitrogens is 1. The molecule has 0 atom stereocenters. The molecular weight excluding hydrogens is 507 g/mol. The summed E-state index contributed by atoms with van der Waals surface area (Å²) in [6.45, 7) is 0.602. The summed E-state index contributed by atoms with van der Waals surface area (Å²) in [7, 11) is 6.47. The van der Waals surface area contributed by atoms with Crippen LogP contribution < -0.4 is 24.8 Å². The van der Waals surface area contributed by atoms with E-state index in [4.69, 9.17) is 14.2 Å². The lowest BCUT2D eigenvalue weighted by Gasteiger charge is -2.16. The van der Waals surface area contributed by atoms with Crippen LogP contribution in [0, 0.1) is 0 Å². The molecule has 7 nitrogen and oxygen atoms in total. The molecule has 0 radical (unpaired) electrons. The fraction of sp³-hybridized carbons (Fsp3) is 0.217. The van der Waals surface area contributed by atoms with E-state index in [1.165, 1.54) is 0 Å². The van der Waals surface area contributed by atoms with Crippen LogP contribution in [0.15, 0.2) is 65.8 Å². The molecule has 2 N–H and O–H groups in total. The molecule has 3 rings (SSSR count). The van der Waals surface area contributed by atoms with E-state index in [1.807, 2.05) is 36.4 Å². The van der Waals surface area contributed by atoms with E-state index in [0.29, 0.717) is 29.8 Å². The first-order valence-corrected chi connectivity index (χ1v) is 9.46. The highest BCUT2D eigenvalue weighted by Gasteiger charge is 2.14. The molecule has 0 aliphatic carbocycles. The lowest BCUT2D eigenvalue weighted by atomic mass is 10.1.